The number of aryl methyl sites for hydroxylation is 2. The lowest BCUT2D eigenvalue weighted by Crippen LogP contribution is -2.52. The van der Waals surface area contributed by atoms with Gasteiger partial charge in [-0.2, -0.15) is 0 Å². The molecule has 0 aliphatic carbocycles. The number of aromatic nitrogens is 1. The second-order valence-corrected chi connectivity index (χ2v) is 7.93. The summed E-state index contributed by atoms with van der Waals surface area (Å²) in [6, 6.07) is -0.692. The van der Waals surface area contributed by atoms with Crippen molar-refractivity contribution in [3.63, 3.8) is 0 Å². The summed E-state index contributed by atoms with van der Waals surface area (Å²) in [4.78, 5) is 24.5. The van der Waals surface area contributed by atoms with Crippen LogP contribution in [-0.2, 0) is 14.3 Å². The highest BCUT2D eigenvalue weighted by Gasteiger charge is 2.32. The molecule has 0 radical (unpaired) electrons. The van der Waals surface area contributed by atoms with Gasteiger partial charge in [0.1, 0.15) is 17.5 Å². The van der Waals surface area contributed by atoms with E-state index in [-0.39, 0.29) is 30.6 Å². The Labute approximate surface area is 176 Å². The molecule has 1 aromatic heterocycles. The van der Waals surface area contributed by atoms with Gasteiger partial charge in [-0.15, -0.1) is 0 Å². The number of amides is 3. The highest BCUT2D eigenvalue weighted by atomic mass is 16.5. The van der Waals surface area contributed by atoms with Crippen molar-refractivity contribution < 1.29 is 28.7 Å². The van der Waals surface area contributed by atoms with Crippen LogP contribution in [0.15, 0.2) is 4.52 Å². The molecule has 2 aliphatic rings. The number of nitrogens with zero attached hydrogens (tertiary/aromatic N) is 1. The van der Waals surface area contributed by atoms with E-state index in [1.807, 2.05) is 0 Å². The van der Waals surface area contributed by atoms with Crippen LogP contribution in [0.4, 0.5) is 10.5 Å². The number of ether oxygens (including phenoxy) is 2. The number of rotatable bonds is 7. The van der Waals surface area contributed by atoms with Gasteiger partial charge in [0, 0.05) is 25.7 Å². The molecule has 0 aromatic carbocycles. The summed E-state index contributed by atoms with van der Waals surface area (Å²) in [5.41, 5.74) is 1.15. The number of urea groups is 1. The van der Waals surface area contributed by atoms with Gasteiger partial charge in [-0.3, -0.25) is 4.79 Å². The first-order chi connectivity index (χ1) is 14.5. The minimum absolute atomic E-state index is 0.0287. The molecule has 2 saturated heterocycles. The maximum Gasteiger partial charge on any atom is 0.319 e. The van der Waals surface area contributed by atoms with Crippen molar-refractivity contribution in [2.45, 2.75) is 64.2 Å². The second kappa shape index (κ2) is 10.7. The van der Waals surface area contributed by atoms with Crippen molar-refractivity contribution in [3.05, 3.63) is 11.5 Å². The molecule has 2 aliphatic heterocycles. The average Bonchev–Trinajstić information content (AvgIpc) is 3.07. The van der Waals surface area contributed by atoms with Crippen molar-refractivity contribution in [2.24, 2.45) is 5.92 Å². The molecule has 1 aromatic rings. The third kappa shape index (κ3) is 5.93. The highest BCUT2D eigenvalue weighted by molar-refractivity contribution is 5.90. The van der Waals surface area contributed by atoms with E-state index in [9.17, 15) is 14.7 Å². The minimum Gasteiger partial charge on any atom is -0.394 e. The molecule has 10 heteroatoms. The maximum absolute atomic E-state index is 12.3. The van der Waals surface area contributed by atoms with E-state index < -0.39 is 12.1 Å². The normalized spacial score (nSPS) is 25.0. The fourth-order valence-corrected chi connectivity index (χ4v) is 3.95. The highest BCUT2D eigenvalue weighted by Crippen LogP contribution is 2.23. The first kappa shape index (κ1) is 22.5. The molecule has 2 fully saturated rings. The molecule has 0 spiro atoms. The summed E-state index contributed by atoms with van der Waals surface area (Å²) in [7, 11) is 0. The van der Waals surface area contributed by atoms with E-state index in [1.54, 1.807) is 13.8 Å². The Balaban J connectivity index is 1.40. The van der Waals surface area contributed by atoms with Crippen LogP contribution in [0.2, 0.25) is 0 Å². The van der Waals surface area contributed by atoms with Crippen LogP contribution in [0.1, 0.15) is 43.6 Å². The summed E-state index contributed by atoms with van der Waals surface area (Å²) >= 11 is 0. The average molecular weight is 424 g/mol. The van der Waals surface area contributed by atoms with Crippen molar-refractivity contribution in [1.82, 2.24) is 15.8 Å². The molecule has 0 saturated carbocycles. The van der Waals surface area contributed by atoms with Gasteiger partial charge in [-0.25, -0.2) is 4.79 Å². The molecule has 0 unspecified atom stereocenters. The monoisotopic (exact) mass is 424 g/mol. The molecule has 3 rings (SSSR count). The van der Waals surface area contributed by atoms with E-state index >= 15 is 0 Å². The number of aliphatic hydroxyl groups is 1. The predicted octanol–water partition coefficient (Wildman–Crippen LogP) is 1.25. The zero-order valence-electron chi connectivity index (χ0n) is 17.6. The lowest BCUT2D eigenvalue weighted by atomic mass is 9.96. The number of nitrogens with one attached hydrogen (secondary N) is 3. The molecule has 3 heterocycles. The lowest BCUT2D eigenvalue weighted by molar-refractivity contribution is -0.128. The number of carbonyl (C=O) groups is 2. The summed E-state index contributed by atoms with van der Waals surface area (Å²) in [5.74, 6) is 0.633. The fourth-order valence-electron chi connectivity index (χ4n) is 3.95. The second-order valence-electron chi connectivity index (χ2n) is 7.93. The predicted molar refractivity (Wildman–Crippen MR) is 108 cm³/mol. The first-order valence-corrected chi connectivity index (χ1v) is 10.6. The van der Waals surface area contributed by atoms with Crippen LogP contribution < -0.4 is 16.0 Å². The standard InChI is InChI=1S/C20H32N4O6/c1-12-18(13(2)30-24-12)23-20(27)22-16-4-3-15(29-17(16)11-25)5-8-21-19(26)14-6-9-28-10-7-14/h14-17,25H,3-11H2,1-2H3,(H,21,26)(H2,22,23,27)/t15-,16+,17-/m1/s1. The quantitative estimate of drug-likeness (QED) is 0.517. The topological polar surface area (TPSA) is 135 Å². The Kier molecular flexibility index (Phi) is 8.06. The zero-order valence-corrected chi connectivity index (χ0v) is 17.6. The van der Waals surface area contributed by atoms with Crippen LogP contribution in [-0.4, -0.2) is 66.8 Å². The Morgan fingerprint density at radius 1 is 1.17 bits per heavy atom. The van der Waals surface area contributed by atoms with Gasteiger partial charge < -0.3 is 35.1 Å². The SMILES string of the molecule is Cc1noc(C)c1NC(=O)N[C@H]1CC[C@H](CCNC(=O)C2CCOCC2)O[C@@H]1CO. The summed E-state index contributed by atoms with van der Waals surface area (Å²) < 4.78 is 16.3. The number of carbonyl (C=O) groups excluding carboxylic acids is 2. The third-order valence-corrected chi connectivity index (χ3v) is 5.74. The largest absolute Gasteiger partial charge is 0.394 e. The van der Waals surface area contributed by atoms with Gasteiger partial charge in [-0.1, -0.05) is 5.16 Å². The van der Waals surface area contributed by atoms with Gasteiger partial charge in [0.25, 0.3) is 0 Å². The molecule has 4 N–H and O–H groups in total. The van der Waals surface area contributed by atoms with Crippen LogP contribution in [0.5, 0.6) is 0 Å². The number of hydrogen-bond acceptors (Lipinski definition) is 7. The van der Waals surface area contributed by atoms with E-state index in [1.165, 1.54) is 0 Å². The van der Waals surface area contributed by atoms with Crippen LogP contribution in [0, 0.1) is 19.8 Å². The Bertz CT molecular complexity index is 699. The van der Waals surface area contributed by atoms with Crippen LogP contribution in [0.25, 0.3) is 0 Å². The number of anilines is 1. The number of aliphatic hydroxyl groups excluding tert-OH is 1. The summed E-state index contributed by atoms with van der Waals surface area (Å²) in [5, 5.41) is 22.1. The van der Waals surface area contributed by atoms with Crippen LogP contribution >= 0.6 is 0 Å². The van der Waals surface area contributed by atoms with Gasteiger partial charge in [0.05, 0.1) is 18.8 Å². The zero-order chi connectivity index (χ0) is 21.5. The van der Waals surface area contributed by atoms with Gasteiger partial charge in [-0.05, 0) is 46.0 Å². The molecule has 0 bridgehead atoms. The van der Waals surface area contributed by atoms with Gasteiger partial charge >= 0.3 is 6.03 Å². The number of hydrogen-bond donors (Lipinski definition) is 4. The van der Waals surface area contributed by atoms with E-state index in [4.69, 9.17) is 14.0 Å². The van der Waals surface area contributed by atoms with Crippen molar-refractivity contribution in [3.8, 4) is 0 Å². The molecular weight excluding hydrogens is 392 g/mol. The molecule has 3 atom stereocenters. The Hall–Kier alpha value is -2.17. The summed E-state index contributed by atoms with van der Waals surface area (Å²) in [6.07, 6.45) is 3.05. The van der Waals surface area contributed by atoms with Crippen LogP contribution in [0.3, 0.4) is 0 Å². The fraction of sp³-hybridized carbons (Fsp3) is 0.750. The summed E-state index contributed by atoms with van der Waals surface area (Å²) in [6.45, 7) is 5.09. The molecule has 30 heavy (non-hydrogen) atoms. The Morgan fingerprint density at radius 2 is 1.93 bits per heavy atom. The van der Waals surface area contributed by atoms with E-state index in [0.717, 1.165) is 19.3 Å². The smallest absolute Gasteiger partial charge is 0.319 e. The molecule has 3 amide bonds. The minimum atomic E-state index is -0.495. The molecular formula is C20H32N4O6. The van der Waals surface area contributed by atoms with Crippen molar-refractivity contribution in [2.75, 3.05) is 31.7 Å². The third-order valence-electron chi connectivity index (χ3n) is 5.74. The maximum atomic E-state index is 12.3. The van der Waals surface area contributed by atoms with Crippen molar-refractivity contribution in [1.29, 1.82) is 0 Å². The van der Waals surface area contributed by atoms with Crippen molar-refractivity contribution >= 4 is 17.6 Å². The van der Waals surface area contributed by atoms with Gasteiger partial charge in [0.2, 0.25) is 5.91 Å². The first-order valence-electron chi connectivity index (χ1n) is 10.6. The molecule has 168 valence electrons. The Morgan fingerprint density at radius 3 is 2.60 bits per heavy atom. The van der Waals surface area contributed by atoms with Gasteiger partial charge in [0.15, 0.2) is 5.76 Å². The van der Waals surface area contributed by atoms with E-state index in [2.05, 4.69) is 21.1 Å². The lowest BCUT2D eigenvalue weighted by Gasteiger charge is -2.36. The molecule has 10 nitrogen and oxygen atoms in total. The van der Waals surface area contributed by atoms with E-state index in [0.29, 0.717) is 49.7 Å².